The standard InChI is InChI=1S/C14H21NO2/c1-2-13-5-3-4-6-14(13)17-12-9-15-7-10-16-11-8-15/h3-6H,2,7-12H2,1H3/p+1. The first-order valence-corrected chi connectivity index (χ1v) is 6.52. The summed E-state index contributed by atoms with van der Waals surface area (Å²) in [5.74, 6) is 1.04. The van der Waals surface area contributed by atoms with Crippen molar-refractivity contribution in [2.45, 2.75) is 13.3 Å². The molecule has 0 amide bonds. The Balaban J connectivity index is 1.77. The van der Waals surface area contributed by atoms with E-state index in [-0.39, 0.29) is 0 Å². The highest BCUT2D eigenvalue weighted by atomic mass is 16.5. The minimum absolute atomic E-state index is 0.798. The summed E-state index contributed by atoms with van der Waals surface area (Å²) in [6, 6.07) is 8.30. The van der Waals surface area contributed by atoms with Gasteiger partial charge in [0.05, 0.1) is 13.2 Å². The zero-order valence-corrected chi connectivity index (χ0v) is 10.6. The molecule has 1 aliphatic rings. The fraction of sp³-hybridized carbons (Fsp3) is 0.571. The third-order valence-electron chi connectivity index (χ3n) is 3.27. The Bertz CT molecular complexity index is 335. The molecule has 0 atom stereocenters. The van der Waals surface area contributed by atoms with Gasteiger partial charge in [0.2, 0.25) is 0 Å². The predicted octanol–water partition coefficient (Wildman–Crippen LogP) is 0.543. The van der Waals surface area contributed by atoms with Crippen LogP contribution in [0.5, 0.6) is 5.75 Å². The molecule has 94 valence electrons. The van der Waals surface area contributed by atoms with Crippen LogP contribution in [0.4, 0.5) is 0 Å². The summed E-state index contributed by atoms with van der Waals surface area (Å²) in [6.07, 6.45) is 1.03. The first-order chi connectivity index (χ1) is 8.40. The van der Waals surface area contributed by atoms with Crippen LogP contribution in [0.25, 0.3) is 0 Å². The minimum Gasteiger partial charge on any atom is -0.487 e. The molecule has 1 saturated heterocycles. The zero-order chi connectivity index (χ0) is 11.9. The van der Waals surface area contributed by atoms with Gasteiger partial charge >= 0.3 is 0 Å². The number of para-hydroxylation sites is 1. The second-order valence-corrected chi connectivity index (χ2v) is 4.42. The summed E-state index contributed by atoms with van der Waals surface area (Å²) in [4.78, 5) is 1.59. The molecule has 1 aliphatic heterocycles. The first kappa shape index (κ1) is 12.4. The van der Waals surface area contributed by atoms with Gasteiger partial charge in [0.15, 0.2) is 0 Å². The monoisotopic (exact) mass is 236 g/mol. The summed E-state index contributed by atoms with van der Waals surface area (Å²) in [7, 11) is 0. The normalized spacial score (nSPS) is 17.0. The molecule has 3 nitrogen and oxygen atoms in total. The molecule has 17 heavy (non-hydrogen) atoms. The Morgan fingerprint density at radius 1 is 1.24 bits per heavy atom. The van der Waals surface area contributed by atoms with E-state index in [2.05, 4.69) is 25.1 Å². The maximum Gasteiger partial charge on any atom is 0.137 e. The van der Waals surface area contributed by atoms with Crippen molar-refractivity contribution in [1.29, 1.82) is 0 Å². The highest BCUT2D eigenvalue weighted by Crippen LogP contribution is 2.17. The Labute approximate surface area is 103 Å². The van der Waals surface area contributed by atoms with Crippen molar-refractivity contribution in [1.82, 2.24) is 0 Å². The van der Waals surface area contributed by atoms with E-state index in [1.807, 2.05) is 6.07 Å². The van der Waals surface area contributed by atoms with Crippen molar-refractivity contribution in [2.75, 3.05) is 39.5 Å². The molecular formula is C14H22NO2+. The van der Waals surface area contributed by atoms with Gasteiger partial charge in [-0.25, -0.2) is 0 Å². The molecule has 0 saturated carbocycles. The summed E-state index contributed by atoms with van der Waals surface area (Å²) >= 11 is 0. The van der Waals surface area contributed by atoms with E-state index in [9.17, 15) is 0 Å². The molecule has 0 aromatic heterocycles. The molecule has 1 aromatic rings. The van der Waals surface area contributed by atoms with Crippen LogP contribution in [0.1, 0.15) is 12.5 Å². The van der Waals surface area contributed by atoms with E-state index in [0.717, 1.165) is 51.6 Å². The van der Waals surface area contributed by atoms with Crippen molar-refractivity contribution < 1.29 is 14.4 Å². The van der Waals surface area contributed by atoms with Crippen molar-refractivity contribution in [3.05, 3.63) is 29.8 Å². The highest BCUT2D eigenvalue weighted by Gasteiger charge is 2.13. The molecule has 0 spiro atoms. The molecule has 1 N–H and O–H groups in total. The maximum atomic E-state index is 5.87. The summed E-state index contributed by atoms with van der Waals surface area (Å²) in [5, 5.41) is 0. The van der Waals surface area contributed by atoms with Crippen LogP contribution in [-0.4, -0.2) is 39.5 Å². The fourth-order valence-electron chi connectivity index (χ4n) is 2.15. The Morgan fingerprint density at radius 3 is 2.76 bits per heavy atom. The SMILES string of the molecule is CCc1ccccc1OCC[NH+]1CCOCC1. The van der Waals surface area contributed by atoms with Gasteiger partial charge in [-0.05, 0) is 18.1 Å². The lowest BCUT2D eigenvalue weighted by atomic mass is 10.1. The molecule has 0 bridgehead atoms. The Kier molecular flexibility index (Phi) is 4.83. The van der Waals surface area contributed by atoms with Crippen LogP contribution in [0.3, 0.4) is 0 Å². The lowest BCUT2D eigenvalue weighted by molar-refractivity contribution is -0.908. The largest absolute Gasteiger partial charge is 0.487 e. The van der Waals surface area contributed by atoms with Crippen LogP contribution in [0.2, 0.25) is 0 Å². The van der Waals surface area contributed by atoms with Gasteiger partial charge in [0.25, 0.3) is 0 Å². The number of nitrogens with one attached hydrogen (secondary N) is 1. The quantitative estimate of drug-likeness (QED) is 0.806. The summed E-state index contributed by atoms with van der Waals surface area (Å²) < 4.78 is 11.2. The van der Waals surface area contributed by atoms with Crippen molar-refractivity contribution in [3.8, 4) is 5.75 Å². The average molecular weight is 236 g/mol. The number of hydrogen-bond donors (Lipinski definition) is 1. The third-order valence-corrected chi connectivity index (χ3v) is 3.27. The smallest absolute Gasteiger partial charge is 0.137 e. The second-order valence-electron chi connectivity index (χ2n) is 4.42. The van der Waals surface area contributed by atoms with E-state index >= 15 is 0 Å². The minimum atomic E-state index is 0.798. The third kappa shape index (κ3) is 3.72. The number of aryl methyl sites for hydroxylation is 1. The number of morpholine rings is 1. The predicted molar refractivity (Wildman–Crippen MR) is 67.7 cm³/mol. The number of quaternary nitrogens is 1. The zero-order valence-electron chi connectivity index (χ0n) is 10.6. The van der Waals surface area contributed by atoms with Gasteiger partial charge in [-0.15, -0.1) is 0 Å². The van der Waals surface area contributed by atoms with E-state index < -0.39 is 0 Å². The highest BCUT2D eigenvalue weighted by molar-refractivity contribution is 5.33. The van der Waals surface area contributed by atoms with Gasteiger partial charge in [-0.3, -0.25) is 0 Å². The molecule has 1 fully saturated rings. The molecule has 1 heterocycles. The molecule has 0 radical (unpaired) electrons. The number of ether oxygens (including phenoxy) is 2. The van der Waals surface area contributed by atoms with Crippen LogP contribution in [0, 0.1) is 0 Å². The molecule has 1 aromatic carbocycles. The molecule has 3 heteroatoms. The van der Waals surface area contributed by atoms with E-state index in [4.69, 9.17) is 9.47 Å². The van der Waals surface area contributed by atoms with Crippen molar-refractivity contribution >= 4 is 0 Å². The first-order valence-electron chi connectivity index (χ1n) is 6.52. The summed E-state index contributed by atoms with van der Waals surface area (Å²) in [6.45, 7) is 8.03. The van der Waals surface area contributed by atoms with E-state index in [0.29, 0.717) is 0 Å². The van der Waals surface area contributed by atoms with Crippen LogP contribution >= 0.6 is 0 Å². The Hall–Kier alpha value is -1.06. The average Bonchev–Trinajstić information content (AvgIpc) is 2.40. The van der Waals surface area contributed by atoms with Crippen LogP contribution in [0.15, 0.2) is 24.3 Å². The van der Waals surface area contributed by atoms with Crippen molar-refractivity contribution in [2.24, 2.45) is 0 Å². The van der Waals surface area contributed by atoms with Gasteiger partial charge in [0.1, 0.15) is 32.0 Å². The van der Waals surface area contributed by atoms with Gasteiger partial charge in [-0.1, -0.05) is 25.1 Å². The van der Waals surface area contributed by atoms with Gasteiger partial charge in [0, 0.05) is 0 Å². The molecule has 0 unspecified atom stereocenters. The maximum absolute atomic E-state index is 5.87. The second kappa shape index (κ2) is 6.62. The van der Waals surface area contributed by atoms with Gasteiger partial charge < -0.3 is 14.4 Å². The summed E-state index contributed by atoms with van der Waals surface area (Å²) in [5.41, 5.74) is 1.30. The van der Waals surface area contributed by atoms with Crippen molar-refractivity contribution in [3.63, 3.8) is 0 Å². The van der Waals surface area contributed by atoms with Crippen LogP contribution < -0.4 is 9.64 Å². The lowest BCUT2D eigenvalue weighted by Crippen LogP contribution is -3.14. The topological polar surface area (TPSA) is 22.9 Å². The molecule has 0 aliphatic carbocycles. The fourth-order valence-corrected chi connectivity index (χ4v) is 2.15. The van der Waals surface area contributed by atoms with Gasteiger partial charge in [-0.2, -0.15) is 0 Å². The molecule has 2 rings (SSSR count). The molecular weight excluding hydrogens is 214 g/mol. The van der Waals surface area contributed by atoms with Crippen LogP contribution in [-0.2, 0) is 11.2 Å². The number of hydrogen-bond acceptors (Lipinski definition) is 2. The number of benzene rings is 1. The Morgan fingerprint density at radius 2 is 2.00 bits per heavy atom. The lowest BCUT2D eigenvalue weighted by Gasteiger charge is -2.23. The van der Waals surface area contributed by atoms with E-state index in [1.54, 1.807) is 4.90 Å². The number of rotatable bonds is 5. The van der Waals surface area contributed by atoms with E-state index in [1.165, 1.54) is 5.56 Å².